The number of benzene rings is 1. The van der Waals surface area contributed by atoms with Crippen molar-refractivity contribution in [3.8, 4) is 11.1 Å². The molecule has 1 amide bonds. The van der Waals surface area contributed by atoms with E-state index in [0.29, 0.717) is 23.8 Å². The summed E-state index contributed by atoms with van der Waals surface area (Å²) in [6.07, 6.45) is 4.55. The van der Waals surface area contributed by atoms with Crippen LogP contribution in [0.5, 0.6) is 0 Å². The number of rotatable bonds is 7. The number of hydrogen-bond donors (Lipinski definition) is 3. The molecule has 4 N–H and O–H groups in total. The fraction of sp³-hybridized carbons (Fsp3) is 0.393. The van der Waals surface area contributed by atoms with Crippen molar-refractivity contribution in [2.75, 3.05) is 23.8 Å². The van der Waals surface area contributed by atoms with E-state index in [-0.39, 0.29) is 35.4 Å². The summed E-state index contributed by atoms with van der Waals surface area (Å²) in [5, 5.41) is 9.43. The molecule has 38 heavy (non-hydrogen) atoms. The zero-order chi connectivity index (χ0) is 27.3. The highest BCUT2D eigenvalue weighted by Crippen LogP contribution is 2.48. The second-order valence-corrected chi connectivity index (χ2v) is 12.8. The highest BCUT2D eigenvalue weighted by atomic mass is 32.2. The van der Waals surface area contributed by atoms with E-state index < -0.39 is 15.9 Å². The van der Waals surface area contributed by atoms with Gasteiger partial charge < -0.3 is 15.7 Å². The number of aromatic nitrogens is 2. The van der Waals surface area contributed by atoms with Gasteiger partial charge in [0.2, 0.25) is 0 Å². The normalized spacial score (nSPS) is 19.8. The molecule has 3 heterocycles. The van der Waals surface area contributed by atoms with Crippen molar-refractivity contribution < 1.29 is 19.7 Å². The molecule has 1 atom stereocenters. The third kappa shape index (κ3) is 4.86. The van der Waals surface area contributed by atoms with E-state index in [2.05, 4.69) is 35.4 Å². The maximum absolute atomic E-state index is 13.6. The molecule has 9 nitrogen and oxygen atoms in total. The summed E-state index contributed by atoms with van der Waals surface area (Å²) >= 11 is 0. The number of amides is 1. The molecule has 3 aromatic rings. The van der Waals surface area contributed by atoms with Crippen molar-refractivity contribution in [2.45, 2.75) is 56.0 Å². The lowest BCUT2D eigenvalue weighted by Crippen LogP contribution is -2.41. The van der Waals surface area contributed by atoms with Crippen molar-refractivity contribution in [1.82, 2.24) is 14.7 Å². The van der Waals surface area contributed by atoms with Gasteiger partial charge in [-0.05, 0) is 68.4 Å². The lowest BCUT2D eigenvalue weighted by Gasteiger charge is -2.33. The molecule has 2 fully saturated rings. The number of nitrogens with one attached hydrogen (secondary N) is 1. The van der Waals surface area contributed by atoms with Gasteiger partial charge in [-0.3, -0.25) is 4.79 Å². The van der Waals surface area contributed by atoms with Crippen LogP contribution < -0.4 is 15.4 Å². The number of aliphatic hydroxyl groups excluding tert-OH is 1. The highest BCUT2D eigenvalue weighted by Gasteiger charge is 2.43. The first-order valence-corrected chi connectivity index (χ1v) is 14.2. The molecular formula is C28H35N5O4S. The molecule has 202 valence electrons. The van der Waals surface area contributed by atoms with Crippen LogP contribution in [-0.4, -0.2) is 48.1 Å². The zero-order valence-electron chi connectivity index (χ0n) is 21.8. The van der Waals surface area contributed by atoms with E-state index in [4.69, 9.17) is 10.7 Å². The maximum Gasteiger partial charge on any atom is 0.281 e. The van der Waals surface area contributed by atoms with Crippen LogP contribution in [0.3, 0.4) is 0 Å². The first-order chi connectivity index (χ1) is 17.9. The van der Waals surface area contributed by atoms with Gasteiger partial charge in [-0.25, -0.2) is 14.7 Å². The smallest absolute Gasteiger partial charge is 0.281 e. The average Bonchev–Trinajstić information content (AvgIpc) is 3.62. The van der Waals surface area contributed by atoms with Gasteiger partial charge in [0.25, 0.3) is 15.9 Å². The molecule has 0 radical (unpaired) electrons. The van der Waals surface area contributed by atoms with Crippen molar-refractivity contribution in [3.05, 3.63) is 65.9 Å². The largest absolute Gasteiger partial charge is 0.395 e. The standard InChI is InChI=1S/C28H33N5O4S.H2/c1-18-14-27(2,3)33(16-18)25-22(26(35)32-38(36,37)24-6-4-5-23(29)31-24)13-20(15-30-25)19-7-9-21(10-8-19)28(17-34)11-12-28;/h4-10,13,15,18,34H,11-12,14,16-17H2,1-3H3,(H2,29,31)(H,32,35);1H. The van der Waals surface area contributed by atoms with Gasteiger partial charge in [0.15, 0.2) is 5.03 Å². The van der Waals surface area contributed by atoms with E-state index >= 15 is 0 Å². The summed E-state index contributed by atoms with van der Waals surface area (Å²) in [5.41, 5.74) is 8.02. The number of hydrogen-bond acceptors (Lipinski definition) is 8. The van der Waals surface area contributed by atoms with Crippen LogP contribution in [0.25, 0.3) is 11.1 Å². The summed E-state index contributed by atoms with van der Waals surface area (Å²) in [6.45, 7) is 7.14. The number of aliphatic hydroxyl groups is 1. The van der Waals surface area contributed by atoms with E-state index in [1.54, 1.807) is 12.3 Å². The first-order valence-electron chi connectivity index (χ1n) is 12.7. The van der Waals surface area contributed by atoms with Gasteiger partial charge in [-0.15, -0.1) is 0 Å². The van der Waals surface area contributed by atoms with Crippen LogP contribution in [0.4, 0.5) is 11.6 Å². The number of carbonyl (C=O) groups is 1. The molecular weight excluding hydrogens is 502 g/mol. The van der Waals surface area contributed by atoms with Crippen molar-refractivity contribution in [1.29, 1.82) is 0 Å². The van der Waals surface area contributed by atoms with Gasteiger partial charge in [0, 0.05) is 30.7 Å². The lowest BCUT2D eigenvalue weighted by molar-refractivity contribution is 0.0981. The Morgan fingerprint density at radius 1 is 1.18 bits per heavy atom. The Morgan fingerprint density at radius 2 is 1.89 bits per heavy atom. The van der Waals surface area contributed by atoms with E-state index in [1.165, 1.54) is 18.2 Å². The monoisotopic (exact) mass is 537 g/mol. The number of carbonyl (C=O) groups excluding carboxylic acids is 1. The molecule has 0 bridgehead atoms. The molecule has 1 aliphatic heterocycles. The summed E-state index contributed by atoms with van der Waals surface area (Å²) in [7, 11) is -4.27. The van der Waals surface area contributed by atoms with E-state index in [1.807, 2.05) is 24.3 Å². The summed E-state index contributed by atoms with van der Waals surface area (Å²) in [4.78, 5) is 24.2. The molecule has 1 aliphatic carbocycles. The molecule has 2 aromatic heterocycles. The fourth-order valence-corrected chi connectivity index (χ4v) is 6.41. The molecule has 5 rings (SSSR count). The first kappa shape index (κ1) is 26.1. The van der Waals surface area contributed by atoms with Crippen molar-refractivity contribution in [2.24, 2.45) is 5.92 Å². The molecule has 1 saturated heterocycles. The Morgan fingerprint density at radius 3 is 2.47 bits per heavy atom. The van der Waals surface area contributed by atoms with Crippen LogP contribution in [0.2, 0.25) is 0 Å². The average molecular weight is 538 g/mol. The Balaban J connectivity index is 0.00000353. The number of sulfonamides is 1. The molecule has 2 aliphatic rings. The minimum Gasteiger partial charge on any atom is -0.395 e. The van der Waals surface area contributed by atoms with Crippen LogP contribution >= 0.6 is 0 Å². The third-order valence-electron chi connectivity index (χ3n) is 7.67. The number of nitrogen functional groups attached to an aromatic ring is 1. The Bertz CT molecular complexity index is 1490. The fourth-order valence-electron chi connectivity index (χ4n) is 5.47. The van der Waals surface area contributed by atoms with Crippen LogP contribution in [-0.2, 0) is 15.4 Å². The molecule has 1 unspecified atom stereocenters. The van der Waals surface area contributed by atoms with E-state index in [0.717, 1.165) is 30.4 Å². The summed E-state index contributed by atoms with van der Waals surface area (Å²) in [6, 6.07) is 13.8. The van der Waals surface area contributed by atoms with Crippen molar-refractivity contribution >= 4 is 27.6 Å². The Kier molecular flexibility index (Phi) is 6.43. The van der Waals surface area contributed by atoms with Gasteiger partial charge in [0.1, 0.15) is 11.6 Å². The van der Waals surface area contributed by atoms with Crippen LogP contribution in [0, 0.1) is 5.92 Å². The Hall–Kier alpha value is -3.50. The van der Waals surface area contributed by atoms with Crippen LogP contribution in [0.15, 0.2) is 59.8 Å². The minimum atomic E-state index is -4.27. The van der Waals surface area contributed by atoms with Crippen molar-refractivity contribution in [3.63, 3.8) is 0 Å². The third-order valence-corrected chi connectivity index (χ3v) is 8.91. The van der Waals surface area contributed by atoms with Gasteiger partial charge in [-0.1, -0.05) is 37.3 Å². The van der Waals surface area contributed by atoms with Crippen LogP contribution in [0.1, 0.15) is 57.4 Å². The predicted octanol–water partition coefficient (Wildman–Crippen LogP) is 3.74. The predicted molar refractivity (Wildman–Crippen MR) is 148 cm³/mol. The van der Waals surface area contributed by atoms with Gasteiger partial charge in [-0.2, -0.15) is 8.42 Å². The SMILES string of the molecule is CC1CN(c2ncc(-c3ccc(C4(CO)CC4)cc3)cc2C(=O)NS(=O)(=O)c2cccc(N)n2)C(C)(C)C1.[HH]. The molecule has 10 heteroatoms. The number of anilines is 2. The summed E-state index contributed by atoms with van der Waals surface area (Å²) in [5.74, 6) is 0.0689. The minimum absolute atomic E-state index is 0. The van der Waals surface area contributed by atoms with Gasteiger partial charge in [0.05, 0.1) is 12.2 Å². The quantitative estimate of drug-likeness (QED) is 0.414. The second-order valence-electron chi connectivity index (χ2n) is 11.2. The number of nitrogens with two attached hydrogens (primary N) is 1. The lowest BCUT2D eigenvalue weighted by atomic mass is 9.94. The summed E-state index contributed by atoms with van der Waals surface area (Å²) < 4.78 is 28.2. The number of pyridine rings is 2. The Labute approximate surface area is 224 Å². The van der Waals surface area contributed by atoms with E-state index in [9.17, 15) is 18.3 Å². The topological polar surface area (TPSA) is 139 Å². The second kappa shape index (κ2) is 9.36. The maximum atomic E-state index is 13.6. The zero-order valence-corrected chi connectivity index (χ0v) is 22.6. The molecule has 0 spiro atoms. The molecule has 1 aromatic carbocycles. The molecule has 1 saturated carbocycles. The number of nitrogens with zero attached hydrogens (tertiary/aromatic N) is 3. The van der Waals surface area contributed by atoms with Gasteiger partial charge >= 0.3 is 0 Å². The highest BCUT2D eigenvalue weighted by molar-refractivity contribution is 7.90.